The summed E-state index contributed by atoms with van der Waals surface area (Å²) in [6.45, 7) is 10.1. The van der Waals surface area contributed by atoms with Gasteiger partial charge in [-0.15, -0.1) is 0 Å². The first-order valence-corrected chi connectivity index (χ1v) is 5.32. The molecule has 0 bridgehead atoms. The highest BCUT2D eigenvalue weighted by atomic mass is 16.3. The third-order valence-electron chi connectivity index (χ3n) is 3.15. The minimum atomic E-state index is -0.465. The summed E-state index contributed by atoms with van der Waals surface area (Å²) >= 11 is 0. The van der Waals surface area contributed by atoms with Gasteiger partial charge in [-0.3, -0.25) is 4.90 Å². The molecule has 3 nitrogen and oxygen atoms in total. The Morgan fingerprint density at radius 3 is 1.79 bits per heavy atom. The Kier molecular flexibility index (Phi) is 2.96. The first-order chi connectivity index (χ1) is 6.17. The molecule has 84 valence electrons. The Bertz CT molecular complexity index is 193. The molecule has 0 amide bonds. The van der Waals surface area contributed by atoms with Crippen LogP contribution in [-0.4, -0.2) is 38.5 Å². The maximum atomic E-state index is 9.78. The summed E-state index contributed by atoms with van der Waals surface area (Å²) in [4.78, 5) is 2.09. The molecule has 0 aromatic carbocycles. The first kappa shape index (κ1) is 12.0. The molecule has 0 radical (unpaired) electrons. The lowest BCUT2D eigenvalue weighted by molar-refractivity contribution is -0.155. The highest BCUT2D eigenvalue weighted by molar-refractivity contribution is 5.00. The Labute approximate surface area is 86.7 Å². The van der Waals surface area contributed by atoms with E-state index in [-0.39, 0.29) is 17.2 Å². The molecule has 0 aromatic heterocycles. The second kappa shape index (κ2) is 3.47. The van der Waals surface area contributed by atoms with Crippen LogP contribution in [-0.2, 0) is 0 Å². The second-order valence-corrected chi connectivity index (χ2v) is 5.69. The highest BCUT2D eigenvalue weighted by Gasteiger charge is 2.46. The van der Waals surface area contributed by atoms with Crippen molar-refractivity contribution < 1.29 is 10.2 Å². The van der Waals surface area contributed by atoms with Crippen molar-refractivity contribution >= 4 is 0 Å². The summed E-state index contributed by atoms with van der Waals surface area (Å²) in [6, 6.07) is 0. The van der Waals surface area contributed by atoms with Gasteiger partial charge >= 0.3 is 0 Å². The summed E-state index contributed by atoms with van der Waals surface area (Å²) in [5.41, 5.74) is -0.287. The van der Waals surface area contributed by atoms with Crippen molar-refractivity contribution in [1.29, 1.82) is 0 Å². The van der Waals surface area contributed by atoms with Crippen molar-refractivity contribution in [2.24, 2.45) is 0 Å². The van der Waals surface area contributed by atoms with Crippen LogP contribution in [0.5, 0.6) is 0 Å². The van der Waals surface area contributed by atoms with Crippen LogP contribution in [0, 0.1) is 0 Å². The normalized spacial score (nSPS) is 30.2. The number of piperidine rings is 1. The van der Waals surface area contributed by atoms with Crippen molar-refractivity contribution in [3.05, 3.63) is 0 Å². The van der Waals surface area contributed by atoms with Crippen LogP contribution in [0.15, 0.2) is 0 Å². The maximum absolute atomic E-state index is 9.78. The molecule has 1 unspecified atom stereocenters. The Morgan fingerprint density at radius 1 is 1.14 bits per heavy atom. The van der Waals surface area contributed by atoms with Gasteiger partial charge in [0, 0.05) is 11.1 Å². The number of hydrogen-bond donors (Lipinski definition) is 2. The van der Waals surface area contributed by atoms with Crippen molar-refractivity contribution in [2.45, 2.75) is 70.9 Å². The third-order valence-corrected chi connectivity index (χ3v) is 3.15. The molecule has 14 heavy (non-hydrogen) atoms. The molecule has 1 rings (SSSR count). The van der Waals surface area contributed by atoms with Gasteiger partial charge in [-0.25, -0.2) is 0 Å². The van der Waals surface area contributed by atoms with Crippen LogP contribution < -0.4 is 0 Å². The molecular weight excluding hydrogens is 178 g/mol. The molecule has 1 heterocycles. The summed E-state index contributed by atoms with van der Waals surface area (Å²) < 4.78 is 0. The predicted molar refractivity (Wildman–Crippen MR) is 56.9 cm³/mol. The number of hydrogen-bond acceptors (Lipinski definition) is 3. The molecule has 0 aromatic rings. The minimum Gasteiger partial charge on any atom is -0.393 e. The van der Waals surface area contributed by atoms with E-state index in [0.29, 0.717) is 0 Å². The second-order valence-electron chi connectivity index (χ2n) is 5.69. The average molecular weight is 201 g/mol. The SMILES string of the molecule is CC(O)N1C(C)(C)CC(O)CC1(C)C. The third kappa shape index (κ3) is 2.10. The van der Waals surface area contributed by atoms with Crippen LogP contribution in [0.25, 0.3) is 0 Å². The lowest BCUT2D eigenvalue weighted by atomic mass is 9.78. The number of nitrogens with zero attached hydrogens (tertiary/aromatic N) is 1. The quantitative estimate of drug-likeness (QED) is 0.673. The Balaban J connectivity index is 2.97. The van der Waals surface area contributed by atoms with Gasteiger partial charge in [0.15, 0.2) is 0 Å². The van der Waals surface area contributed by atoms with E-state index in [1.807, 2.05) is 0 Å². The van der Waals surface area contributed by atoms with Gasteiger partial charge in [-0.1, -0.05) is 0 Å². The molecule has 0 saturated carbocycles. The van der Waals surface area contributed by atoms with Gasteiger partial charge in [0.05, 0.1) is 6.10 Å². The van der Waals surface area contributed by atoms with Gasteiger partial charge in [0.25, 0.3) is 0 Å². The Morgan fingerprint density at radius 2 is 1.50 bits per heavy atom. The molecule has 1 aliphatic heterocycles. The largest absolute Gasteiger partial charge is 0.393 e. The molecule has 0 aliphatic carbocycles. The number of rotatable bonds is 1. The number of likely N-dealkylation sites (tertiary alicyclic amines) is 1. The van der Waals surface area contributed by atoms with Crippen molar-refractivity contribution in [3.63, 3.8) is 0 Å². The number of aliphatic hydroxyl groups excluding tert-OH is 2. The van der Waals surface area contributed by atoms with Gasteiger partial charge in [0.1, 0.15) is 6.23 Å². The summed E-state index contributed by atoms with van der Waals surface area (Å²) in [6.07, 6.45) is 0.727. The van der Waals surface area contributed by atoms with E-state index >= 15 is 0 Å². The molecule has 2 N–H and O–H groups in total. The standard InChI is InChI=1S/C11H23NO2/c1-8(13)12-10(2,3)6-9(14)7-11(12,4)5/h8-9,13-14H,6-7H2,1-5H3. The van der Waals surface area contributed by atoms with E-state index in [2.05, 4.69) is 32.6 Å². The molecule has 1 aliphatic rings. The maximum Gasteiger partial charge on any atom is 0.105 e. The van der Waals surface area contributed by atoms with Crippen LogP contribution in [0.1, 0.15) is 47.5 Å². The zero-order valence-electron chi connectivity index (χ0n) is 9.91. The van der Waals surface area contributed by atoms with E-state index in [1.165, 1.54) is 0 Å². The zero-order chi connectivity index (χ0) is 11.1. The summed E-state index contributed by atoms with van der Waals surface area (Å²) in [5, 5.41) is 19.6. The van der Waals surface area contributed by atoms with Gasteiger partial charge < -0.3 is 10.2 Å². The molecule has 1 atom stereocenters. The summed E-state index contributed by atoms with van der Waals surface area (Å²) in [7, 11) is 0. The zero-order valence-corrected chi connectivity index (χ0v) is 9.91. The minimum absolute atomic E-state index is 0.144. The van der Waals surface area contributed by atoms with E-state index in [1.54, 1.807) is 6.92 Å². The van der Waals surface area contributed by atoms with Crippen molar-refractivity contribution in [3.8, 4) is 0 Å². The fourth-order valence-corrected chi connectivity index (χ4v) is 3.25. The van der Waals surface area contributed by atoms with Gasteiger partial charge in [-0.2, -0.15) is 0 Å². The smallest absolute Gasteiger partial charge is 0.105 e. The van der Waals surface area contributed by atoms with Crippen LogP contribution >= 0.6 is 0 Å². The average Bonchev–Trinajstić information content (AvgIpc) is 1.75. The number of aliphatic hydroxyl groups is 2. The van der Waals surface area contributed by atoms with E-state index in [0.717, 1.165) is 12.8 Å². The van der Waals surface area contributed by atoms with Crippen molar-refractivity contribution in [2.75, 3.05) is 0 Å². The van der Waals surface area contributed by atoms with E-state index < -0.39 is 6.23 Å². The van der Waals surface area contributed by atoms with Crippen molar-refractivity contribution in [1.82, 2.24) is 4.90 Å². The molecular formula is C11H23NO2. The lowest BCUT2D eigenvalue weighted by Gasteiger charge is -2.55. The van der Waals surface area contributed by atoms with Crippen LogP contribution in [0.4, 0.5) is 0 Å². The monoisotopic (exact) mass is 201 g/mol. The molecule has 1 saturated heterocycles. The molecule has 0 spiro atoms. The van der Waals surface area contributed by atoms with Crippen LogP contribution in [0.3, 0.4) is 0 Å². The lowest BCUT2D eigenvalue weighted by Crippen LogP contribution is -2.64. The van der Waals surface area contributed by atoms with Gasteiger partial charge in [-0.05, 0) is 47.5 Å². The van der Waals surface area contributed by atoms with E-state index in [9.17, 15) is 10.2 Å². The molecule has 3 heteroatoms. The van der Waals surface area contributed by atoms with Gasteiger partial charge in [0.2, 0.25) is 0 Å². The predicted octanol–water partition coefficient (Wildman–Crippen LogP) is 1.34. The highest BCUT2D eigenvalue weighted by Crippen LogP contribution is 2.39. The van der Waals surface area contributed by atoms with E-state index in [4.69, 9.17) is 0 Å². The van der Waals surface area contributed by atoms with Crippen LogP contribution in [0.2, 0.25) is 0 Å². The summed E-state index contributed by atoms with van der Waals surface area (Å²) in [5.74, 6) is 0. The Hall–Kier alpha value is -0.120. The first-order valence-electron chi connectivity index (χ1n) is 5.32. The molecule has 1 fully saturated rings. The fraction of sp³-hybridized carbons (Fsp3) is 1.00. The topological polar surface area (TPSA) is 43.7 Å². The fourth-order valence-electron chi connectivity index (χ4n) is 3.25.